The fourth-order valence-electron chi connectivity index (χ4n) is 1.61. The number of halogens is 1. The van der Waals surface area contributed by atoms with E-state index in [1.165, 1.54) is 12.1 Å². The van der Waals surface area contributed by atoms with E-state index < -0.39 is 5.97 Å². The molecule has 0 unspecified atom stereocenters. The Balaban J connectivity index is 2.31. The van der Waals surface area contributed by atoms with Crippen molar-refractivity contribution in [2.45, 2.75) is 6.54 Å². The van der Waals surface area contributed by atoms with E-state index in [-0.39, 0.29) is 10.7 Å². The Labute approximate surface area is 113 Å². The van der Waals surface area contributed by atoms with Crippen LogP contribution in [0.15, 0.2) is 29.0 Å². The van der Waals surface area contributed by atoms with Crippen molar-refractivity contribution in [2.24, 2.45) is 0 Å². The number of thiophene rings is 1. The van der Waals surface area contributed by atoms with Gasteiger partial charge in [0.2, 0.25) is 0 Å². The number of pyridine rings is 1. The Kier molecular flexibility index (Phi) is 3.84. The highest BCUT2D eigenvalue weighted by molar-refractivity contribution is 7.07. The van der Waals surface area contributed by atoms with Crippen molar-refractivity contribution in [2.75, 3.05) is 11.9 Å². The van der Waals surface area contributed by atoms with E-state index in [0.717, 1.165) is 5.56 Å². The van der Waals surface area contributed by atoms with Crippen molar-refractivity contribution >= 4 is 34.7 Å². The second-order valence-corrected chi connectivity index (χ2v) is 4.97. The van der Waals surface area contributed by atoms with Crippen molar-refractivity contribution in [3.8, 4) is 0 Å². The molecule has 0 amide bonds. The third-order valence-electron chi connectivity index (χ3n) is 2.43. The molecule has 18 heavy (non-hydrogen) atoms. The first-order chi connectivity index (χ1) is 8.58. The van der Waals surface area contributed by atoms with Crippen LogP contribution in [0.25, 0.3) is 0 Å². The summed E-state index contributed by atoms with van der Waals surface area (Å²) in [6.45, 7) is 0.594. The lowest BCUT2D eigenvalue weighted by Crippen LogP contribution is -2.20. The van der Waals surface area contributed by atoms with Gasteiger partial charge in [-0.15, -0.1) is 0 Å². The highest BCUT2D eigenvalue weighted by Gasteiger charge is 2.16. The molecule has 0 saturated carbocycles. The molecule has 94 valence electrons. The van der Waals surface area contributed by atoms with Crippen LogP contribution >= 0.6 is 22.9 Å². The largest absolute Gasteiger partial charge is 0.478 e. The summed E-state index contributed by atoms with van der Waals surface area (Å²) < 4.78 is 0. The SMILES string of the molecule is CN(Cc1ccsc1)c1nc(Cl)ccc1C(=O)O. The second kappa shape index (κ2) is 5.37. The maximum absolute atomic E-state index is 11.1. The molecule has 0 fully saturated rings. The number of hydrogen-bond acceptors (Lipinski definition) is 4. The summed E-state index contributed by atoms with van der Waals surface area (Å²) in [5.41, 5.74) is 1.26. The van der Waals surface area contributed by atoms with Crippen LogP contribution in [0.4, 0.5) is 5.82 Å². The van der Waals surface area contributed by atoms with Gasteiger partial charge in [0, 0.05) is 13.6 Å². The summed E-state index contributed by atoms with van der Waals surface area (Å²) in [4.78, 5) is 17.0. The number of nitrogens with zero attached hydrogens (tertiary/aromatic N) is 2. The maximum atomic E-state index is 11.1. The standard InChI is InChI=1S/C12H11ClN2O2S/c1-15(6-8-4-5-18-7-8)11-9(12(16)17)2-3-10(13)14-11/h2-5,7H,6H2,1H3,(H,16,17). The highest BCUT2D eigenvalue weighted by Crippen LogP contribution is 2.22. The molecule has 6 heteroatoms. The van der Waals surface area contributed by atoms with Crippen LogP contribution < -0.4 is 4.90 Å². The number of carboxylic acids is 1. The molecule has 2 aromatic heterocycles. The number of aromatic nitrogens is 1. The first-order valence-corrected chi connectivity index (χ1v) is 6.52. The Morgan fingerprint density at radius 2 is 2.28 bits per heavy atom. The van der Waals surface area contributed by atoms with Crippen molar-refractivity contribution < 1.29 is 9.90 Å². The number of hydrogen-bond donors (Lipinski definition) is 1. The first-order valence-electron chi connectivity index (χ1n) is 5.20. The topological polar surface area (TPSA) is 53.4 Å². The molecule has 2 aromatic rings. The number of carbonyl (C=O) groups is 1. The van der Waals surface area contributed by atoms with E-state index in [9.17, 15) is 4.79 Å². The summed E-state index contributed by atoms with van der Waals surface area (Å²) in [6.07, 6.45) is 0. The molecule has 0 atom stereocenters. The predicted octanol–water partition coefficient (Wildman–Crippen LogP) is 3.13. The summed E-state index contributed by atoms with van der Waals surface area (Å²) in [7, 11) is 1.79. The molecular weight excluding hydrogens is 272 g/mol. The van der Waals surface area contributed by atoms with Gasteiger partial charge in [0.25, 0.3) is 0 Å². The van der Waals surface area contributed by atoms with Gasteiger partial charge in [-0.25, -0.2) is 9.78 Å². The van der Waals surface area contributed by atoms with Crippen LogP contribution in [0.2, 0.25) is 5.15 Å². The van der Waals surface area contributed by atoms with Gasteiger partial charge in [-0.2, -0.15) is 11.3 Å². The third kappa shape index (κ3) is 2.80. The van der Waals surface area contributed by atoms with Crippen LogP contribution in [-0.4, -0.2) is 23.1 Å². The normalized spacial score (nSPS) is 10.3. The van der Waals surface area contributed by atoms with Crippen molar-refractivity contribution in [1.82, 2.24) is 4.98 Å². The smallest absolute Gasteiger partial charge is 0.339 e. The number of aromatic carboxylic acids is 1. The predicted molar refractivity (Wildman–Crippen MR) is 72.6 cm³/mol. The molecule has 0 bridgehead atoms. The average Bonchev–Trinajstić information content (AvgIpc) is 2.81. The van der Waals surface area contributed by atoms with Crippen LogP contribution in [0, 0.1) is 0 Å². The Bertz CT molecular complexity index is 557. The van der Waals surface area contributed by atoms with Crippen LogP contribution in [0.3, 0.4) is 0 Å². The van der Waals surface area contributed by atoms with Gasteiger partial charge < -0.3 is 10.0 Å². The van der Waals surface area contributed by atoms with E-state index in [1.54, 1.807) is 23.3 Å². The zero-order valence-corrected chi connectivity index (χ0v) is 11.2. The summed E-state index contributed by atoms with van der Waals surface area (Å²) >= 11 is 7.42. The van der Waals surface area contributed by atoms with Gasteiger partial charge in [-0.05, 0) is 34.5 Å². The minimum atomic E-state index is -1.01. The van der Waals surface area contributed by atoms with Crippen molar-refractivity contribution in [1.29, 1.82) is 0 Å². The third-order valence-corrected chi connectivity index (χ3v) is 3.38. The molecular formula is C12H11ClN2O2S. The molecule has 0 radical (unpaired) electrons. The average molecular weight is 283 g/mol. The van der Waals surface area contributed by atoms with E-state index in [4.69, 9.17) is 16.7 Å². The lowest BCUT2D eigenvalue weighted by molar-refractivity contribution is 0.0697. The van der Waals surface area contributed by atoms with Crippen molar-refractivity contribution in [3.63, 3.8) is 0 Å². The van der Waals surface area contributed by atoms with Crippen LogP contribution in [-0.2, 0) is 6.54 Å². The fourth-order valence-corrected chi connectivity index (χ4v) is 2.42. The van der Waals surface area contributed by atoms with Gasteiger partial charge >= 0.3 is 5.97 Å². The molecule has 0 saturated heterocycles. The number of carboxylic acid groups (broad SMARTS) is 1. The molecule has 0 aliphatic carbocycles. The zero-order valence-electron chi connectivity index (χ0n) is 9.63. The molecule has 2 heterocycles. The lowest BCUT2D eigenvalue weighted by Gasteiger charge is -2.19. The molecule has 2 rings (SSSR count). The second-order valence-electron chi connectivity index (χ2n) is 3.80. The minimum Gasteiger partial charge on any atom is -0.478 e. The van der Waals surface area contributed by atoms with Gasteiger partial charge in [0.15, 0.2) is 0 Å². The molecule has 4 nitrogen and oxygen atoms in total. The molecule has 0 spiro atoms. The Morgan fingerprint density at radius 1 is 1.50 bits per heavy atom. The van der Waals surface area contributed by atoms with Crippen molar-refractivity contribution in [3.05, 3.63) is 45.2 Å². The van der Waals surface area contributed by atoms with Gasteiger partial charge in [-0.3, -0.25) is 0 Å². The number of rotatable bonds is 4. The number of anilines is 1. The van der Waals surface area contributed by atoms with Crippen LogP contribution in [0.5, 0.6) is 0 Å². The molecule has 0 aromatic carbocycles. The molecule has 1 N–H and O–H groups in total. The van der Waals surface area contributed by atoms with Gasteiger partial charge in [0.05, 0.1) is 0 Å². The highest BCUT2D eigenvalue weighted by atomic mass is 35.5. The van der Waals surface area contributed by atoms with E-state index >= 15 is 0 Å². The minimum absolute atomic E-state index is 0.150. The summed E-state index contributed by atoms with van der Waals surface area (Å²) in [6, 6.07) is 4.94. The zero-order chi connectivity index (χ0) is 13.1. The summed E-state index contributed by atoms with van der Waals surface area (Å²) in [5, 5.41) is 13.4. The first kappa shape index (κ1) is 12.9. The quantitative estimate of drug-likeness (QED) is 0.876. The van der Waals surface area contributed by atoms with Gasteiger partial charge in [0.1, 0.15) is 16.5 Å². The molecule has 0 aliphatic heterocycles. The van der Waals surface area contributed by atoms with E-state index in [0.29, 0.717) is 12.4 Å². The fraction of sp³-hybridized carbons (Fsp3) is 0.167. The molecule has 0 aliphatic rings. The van der Waals surface area contributed by atoms with E-state index in [1.807, 2.05) is 16.8 Å². The maximum Gasteiger partial charge on any atom is 0.339 e. The van der Waals surface area contributed by atoms with Crippen LogP contribution in [0.1, 0.15) is 15.9 Å². The monoisotopic (exact) mass is 282 g/mol. The summed E-state index contributed by atoms with van der Waals surface area (Å²) in [5.74, 6) is -0.632. The Morgan fingerprint density at radius 3 is 2.89 bits per heavy atom. The van der Waals surface area contributed by atoms with Gasteiger partial charge in [-0.1, -0.05) is 11.6 Å². The Hall–Kier alpha value is -1.59. The van der Waals surface area contributed by atoms with E-state index in [2.05, 4.69) is 4.98 Å². The lowest BCUT2D eigenvalue weighted by atomic mass is 10.2.